The van der Waals surface area contributed by atoms with E-state index < -0.39 is 5.91 Å². The molecule has 0 unspecified atom stereocenters. The fraction of sp³-hybridized carbons (Fsp3) is 0.111. The number of hydrogen-bond acceptors (Lipinski definition) is 3. The number of pyridine rings is 1. The first kappa shape index (κ1) is 10.4. The standard InChI is InChI=1S/C9H8ClN3O/c1-12-8(14)3-2-6-7(10)4-5-13-9(6)11/h4-5H,1H3,(H2,11,13)(H,12,14). The Labute approximate surface area is 86.5 Å². The zero-order valence-electron chi connectivity index (χ0n) is 7.47. The van der Waals surface area contributed by atoms with Crippen LogP contribution in [0.1, 0.15) is 5.56 Å². The number of aromatic nitrogens is 1. The highest BCUT2D eigenvalue weighted by Gasteiger charge is 2.01. The second kappa shape index (κ2) is 4.49. The largest absolute Gasteiger partial charge is 0.383 e. The molecule has 0 aliphatic rings. The predicted octanol–water partition coefficient (Wildman–Crippen LogP) is 0.415. The molecule has 0 saturated carbocycles. The minimum atomic E-state index is -0.399. The SMILES string of the molecule is CNC(=O)C#Cc1c(Cl)ccnc1N. The summed E-state index contributed by atoms with van der Waals surface area (Å²) >= 11 is 5.80. The molecule has 1 aromatic rings. The van der Waals surface area contributed by atoms with Gasteiger partial charge in [-0.1, -0.05) is 17.5 Å². The van der Waals surface area contributed by atoms with Gasteiger partial charge in [0.15, 0.2) is 0 Å². The van der Waals surface area contributed by atoms with Gasteiger partial charge in [-0.3, -0.25) is 4.79 Å². The average Bonchev–Trinajstić information content (AvgIpc) is 2.16. The summed E-state index contributed by atoms with van der Waals surface area (Å²) in [5, 5.41) is 2.74. The maximum atomic E-state index is 10.8. The fourth-order valence-corrected chi connectivity index (χ4v) is 0.959. The van der Waals surface area contributed by atoms with Gasteiger partial charge < -0.3 is 11.1 Å². The van der Waals surface area contributed by atoms with Crippen LogP contribution < -0.4 is 11.1 Å². The van der Waals surface area contributed by atoms with Crippen molar-refractivity contribution in [1.29, 1.82) is 0 Å². The second-order valence-electron chi connectivity index (χ2n) is 2.38. The summed E-state index contributed by atoms with van der Waals surface area (Å²) in [6.45, 7) is 0. The minimum absolute atomic E-state index is 0.217. The Kier molecular flexibility index (Phi) is 3.32. The van der Waals surface area contributed by atoms with E-state index in [-0.39, 0.29) is 5.82 Å². The van der Waals surface area contributed by atoms with E-state index in [0.29, 0.717) is 10.6 Å². The molecule has 1 amide bonds. The molecule has 4 nitrogen and oxygen atoms in total. The second-order valence-corrected chi connectivity index (χ2v) is 2.79. The Morgan fingerprint density at radius 3 is 3.00 bits per heavy atom. The van der Waals surface area contributed by atoms with E-state index in [1.54, 1.807) is 6.07 Å². The van der Waals surface area contributed by atoms with Crippen molar-refractivity contribution in [2.24, 2.45) is 0 Å². The highest BCUT2D eigenvalue weighted by atomic mass is 35.5. The molecule has 0 spiro atoms. The topological polar surface area (TPSA) is 68.0 Å². The lowest BCUT2D eigenvalue weighted by atomic mass is 10.2. The normalized spacial score (nSPS) is 8.71. The predicted molar refractivity (Wildman–Crippen MR) is 54.6 cm³/mol. The van der Waals surface area contributed by atoms with Crippen LogP contribution in [0.15, 0.2) is 12.3 Å². The summed E-state index contributed by atoms with van der Waals surface area (Å²) in [6.07, 6.45) is 1.47. The summed E-state index contributed by atoms with van der Waals surface area (Å²) in [5.74, 6) is 4.69. The fourth-order valence-electron chi connectivity index (χ4n) is 0.759. The van der Waals surface area contributed by atoms with E-state index in [1.165, 1.54) is 13.2 Å². The smallest absolute Gasteiger partial charge is 0.295 e. The number of amides is 1. The molecular weight excluding hydrogens is 202 g/mol. The van der Waals surface area contributed by atoms with Crippen molar-refractivity contribution in [2.75, 3.05) is 12.8 Å². The Hall–Kier alpha value is -1.73. The molecule has 0 aliphatic carbocycles. The van der Waals surface area contributed by atoms with Crippen LogP contribution in [0, 0.1) is 11.8 Å². The van der Waals surface area contributed by atoms with Gasteiger partial charge in [-0.15, -0.1) is 0 Å². The minimum Gasteiger partial charge on any atom is -0.383 e. The van der Waals surface area contributed by atoms with Gasteiger partial charge in [0, 0.05) is 19.2 Å². The molecule has 1 heterocycles. The Balaban J connectivity index is 3.06. The molecule has 1 rings (SSSR count). The van der Waals surface area contributed by atoms with E-state index in [0.717, 1.165) is 0 Å². The van der Waals surface area contributed by atoms with Crippen LogP contribution in [-0.4, -0.2) is 17.9 Å². The lowest BCUT2D eigenvalue weighted by Gasteiger charge is -1.97. The van der Waals surface area contributed by atoms with E-state index in [1.807, 2.05) is 0 Å². The molecular formula is C9H8ClN3O. The Morgan fingerprint density at radius 2 is 2.43 bits per heavy atom. The van der Waals surface area contributed by atoms with Gasteiger partial charge in [-0.05, 0) is 6.07 Å². The number of carbonyl (C=O) groups is 1. The summed E-state index contributed by atoms with van der Waals surface area (Å²) < 4.78 is 0. The first-order chi connectivity index (χ1) is 6.65. The molecule has 0 atom stereocenters. The average molecular weight is 210 g/mol. The van der Waals surface area contributed by atoms with Gasteiger partial charge in [-0.2, -0.15) is 0 Å². The van der Waals surface area contributed by atoms with Crippen LogP contribution in [-0.2, 0) is 4.79 Å². The van der Waals surface area contributed by atoms with E-state index in [9.17, 15) is 4.79 Å². The Morgan fingerprint density at radius 1 is 1.71 bits per heavy atom. The first-order valence-corrected chi connectivity index (χ1v) is 4.16. The van der Waals surface area contributed by atoms with Gasteiger partial charge >= 0.3 is 0 Å². The number of nitrogen functional groups attached to an aromatic ring is 1. The third-order valence-corrected chi connectivity index (χ3v) is 1.77. The molecule has 0 fully saturated rings. The number of anilines is 1. The highest BCUT2D eigenvalue weighted by Crippen LogP contribution is 2.17. The summed E-state index contributed by atoms with van der Waals surface area (Å²) in [4.78, 5) is 14.6. The monoisotopic (exact) mass is 209 g/mol. The van der Waals surface area contributed by atoms with Crippen LogP contribution in [0.2, 0.25) is 5.02 Å². The maximum Gasteiger partial charge on any atom is 0.295 e. The van der Waals surface area contributed by atoms with Gasteiger partial charge in [-0.25, -0.2) is 4.98 Å². The number of nitrogens with two attached hydrogens (primary N) is 1. The molecule has 0 aliphatic heterocycles. The lowest BCUT2D eigenvalue weighted by molar-refractivity contribution is -0.115. The lowest BCUT2D eigenvalue weighted by Crippen LogP contribution is -2.14. The zero-order chi connectivity index (χ0) is 10.6. The van der Waals surface area contributed by atoms with Crippen molar-refractivity contribution in [3.05, 3.63) is 22.8 Å². The van der Waals surface area contributed by atoms with Crippen molar-refractivity contribution >= 4 is 23.3 Å². The quantitative estimate of drug-likeness (QED) is 0.609. The number of hydrogen-bond donors (Lipinski definition) is 2. The van der Waals surface area contributed by atoms with Crippen LogP contribution in [0.4, 0.5) is 5.82 Å². The zero-order valence-corrected chi connectivity index (χ0v) is 8.22. The summed E-state index contributed by atoms with van der Waals surface area (Å²) in [6, 6.07) is 1.56. The van der Waals surface area contributed by atoms with Crippen LogP contribution in [0.5, 0.6) is 0 Å². The van der Waals surface area contributed by atoms with Crippen molar-refractivity contribution in [1.82, 2.24) is 10.3 Å². The molecule has 14 heavy (non-hydrogen) atoms. The maximum absolute atomic E-state index is 10.8. The highest BCUT2D eigenvalue weighted by molar-refractivity contribution is 6.32. The molecule has 72 valence electrons. The number of rotatable bonds is 0. The molecule has 1 aromatic heterocycles. The molecule has 0 saturated heterocycles. The van der Waals surface area contributed by atoms with Gasteiger partial charge in [0.25, 0.3) is 5.91 Å². The van der Waals surface area contributed by atoms with Crippen LogP contribution in [0.3, 0.4) is 0 Å². The molecule has 3 N–H and O–H groups in total. The number of nitrogens with one attached hydrogen (secondary N) is 1. The van der Waals surface area contributed by atoms with Crippen LogP contribution >= 0.6 is 11.6 Å². The van der Waals surface area contributed by atoms with Crippen molar-refractivity contribution in [3.8, 4) is 11.8 Å². The van der Waals surface area contributed by atoms with Gasteiger partial charge in [0.2, 0.25) is 0 Å². The number of carbonyl (C=O) groups excluding carboxylic acids is 1. The molecule has 5 heteroatoms. The van der Waals surface area contributed by atoms with E-state index >= 15 is 0 Å². The van der Waals surface area contributed by atoms with E-state index in [2.05, 4.69) is 22.1 Å². The van der Waals surface area contributed by atoms with Crippen molar-refractivity contribution in [2.45, 2.75) is 0 Å². The van der Waals surface area contributed by atoms with Gasteiger partial charge in [0.05, 0.1) is 10.6 Å². The van der Waals surface area contributed by atoms with E-state index in [4.69, 9.17) is 17.3 Å². The van der Waals surface area contributed by atoms with Crippen LogP contribution in [0.25, 0.3) is 0 Å². The molecule has 0 aromatic carbocycles. The third kappa shape index (κ3) is 2.38. The summed E-state index contributed by atoms with van der Waals surface area (Å²) in [5.41, 5.74) is 5.89. The third-order valence-electron chi connectivity index (χ3n) is 1.46. The Bertz CT molecular complexity index is 400. The number of nitrogens with zero attached hydrogens (tertiary/aromatic N) is 1. The molecule has 0 bridgehead atoms. The summed E-state index contributed by atoms with van der Waals surface area (Å²) in [7, 11) is 1.49. The van der Waals surface area contributed by atoms with Crippen molar-refractivity contribution in [3.63, 3.8) is 0 Å². The molecule has 0 radical (unpaired) electrons. The van der Waals surface area contributed by atoms with Crippen molar-refractivity contribution < 1.29 is 4.79 Å². The first-order valence-electron chi connectivity index (χ1n) is 3.79. The van der Waals surface area contributed by atoms with Gasteiger partial charge in [0.1, 0.15) is 5.82 Å². The number of halogens is 1.